The van der Waals surface area contributed by atoms with Crippen LogP contribution in [0.1, 0.15) is 53.5 Å². The highest BCUT2D eigenvalue weighted by Gasteiger charge is 2.35. The highest BCUT2D eigenvalue weighted by Crippen LogP contribution is 2.36. The number of methoxy groups -OCH3 is 2. The number of nitrogens with one attached hydrogen (secondary N) is 1. The van der Waals surface area contributed by atoms with Gasteiger partial charge in [0.2, 0.25) is 0 Å². The molecule has 2 N–H and O–H groups in total. The summed E-state index contributed by atoms with van der Waals surface area (Å²) in [5, 5.41) is 12.0. The maximum Gasteiger partial charge on any atom is 0.433 e. The van der Waals surface area contributed by atoms with Crippen molar-refractivity contribution < 1.29 is 42.1 Å². The first-order valence-electron chi connectivity index (χ1n) is 11.6. The Balaban J connectivity index is 1.70. The van der Waals surface area contributed by atoms with Gasteiger partial charge in [0.1, 0.15) is 22.9 Å². The van der Waals surface area contributed by atoms with E-state index in [0.717, 1.165) is 25.0 Å². The van der Waals surface area contributed by atoms with Crippen molar-refractivity contribution in [1.29, 1.82) is 0 Å². The van der Waals surface area contributed by atoms with Crippen molar-refractivity contribution in [3.8, 4) is 11.5 Å². The zero-order valence-electron chi connectivity index (χ0n) is 20.3. The number of hydrogen-bond donors (Lipinski definition) is 2. The van der Waals surface area contributed by atoms with Crippen molar-refractivity contribution >= 4 is 23.5 Å². The highest BCUT2D eigenvalue weighted by molar-refractivity contribution is 6.32. The standard InChI is InChI=1S/C25H28ClF3N2O6/c1-35-13-20(22-19(36-2)9-10-21(31-22)25(27,28)29)37-18-8-7-16(11-17(18)26)23(32)30-12-14-3-5-15(6-4-14)24(33)34/h7-11,14-15,20H,3-6,12-13H2,1-2H3,(H,30,32)(H,33,34). The number of pyridine rings is 1. The van der Waals surface area contributed by atoms with Gasteiger partial charge < -0.3 is 24.6 Å². The van der Waals surface area contributed by atoms with E-state index in [9.17, 15) is 22.8 Å². The van der Waals surface area contributed by atoms with Gasteiger partial charge >= 0.3 is 12.1 Å². The number of hydrogen-bond acceptors (Lipinski definition) is 6. The summed E-state index contributed by atoms with van der Waals surface area (Å²) in [7, 11) is 2.66. The molecule has 2 aromatic rings. The van der Waals surface area contributed by atoms with Gasteiger partial charge in [0.25, 0.3) is 5.91 Å². The number of carboxylic acid groups (broad SMARTS) is 1. The summed E-state index contributed by atoms with van der Waals surface area (Å²) in [6.07, 6.45) is -3.14. The van der Waals surface area contributed by atoms with Crippen LogP contribution in [-0.2, 0) is 15.7 Å². The van der Waals surface area contributed by atoms with Crippen LogP contribution in [0.2, 0.25) is 5.02 Å². The molecule has 1 saturated carbocycles. The molecule has 1 heterocycles. The fraction of sp³-hybridized carbons (Fsp3) is 0.480. The number of rotatable bonds is 10. The Morgan fingerprint density at radius 1 is 1.14 bits per heavy atom. The second kappa shape index (κ2) is 12.5. The number of aliphatic carboxylic acids is 1. The van der Waals surface area contributed by atoms with Crippen molar-refractivity contribution in [1.82, 2.24) is 10.3 Å². The van der Waals surface area contributed by atoms with Crippen LogP contribution in [0.5, 0.6) is 11.5 Å². The topological polar surface area (TPSA) is 107 Å². The molecule has 1 atom stereocenters. The quantitative estimate of drug-likeness (QED) is 0.426. The van der Waals surface area contributed by atoms with E-state index >= 15 is 0 Å². The normalized spacial score (nSPS) is 18.6. The van der Waals surface area contributed by atoms with Crippen LogP contribution in [0.25, 0.3) is 0 Å². The minimum Gasteiger partial charge on any atom is -0.495 e. The third kappa shape index (κ3) is 7.48. The fourth-order valence-corrected chi connectivity index (χ4v) is 4.41. The van der Waals surface area contributed by atoms with E-state index in [-0.39, 0.29) is 52.1 Å². The van der Waals surface area contributed by atoms with Crippen LogP contribution in [0.15, 0.2) is 30.3 Å². The number of alkyl halides is 3. The molecule has 202 valence electrons. The summed E-state index contributed by atoms with van der Waals surface area (Å²) >= 11 is 6.34. The minimum atomic E-state index is -4.67. The molecular weight excluding hydrogens is 517 g/mol. The largest absolute Gasteiger partial charge is 0.495 e. The first-order chi connectivity index (χ1) is 17.5. The number of carboxylic acids is 1. The van der Waals surface area contributed by atoms with Crippen molar-refractivity contribution in [2.45, 2.75) is 38.0 Å². The lowest BCUT2D eigenvalue weighted by atomic mass is 9.82. The van der Waals surface area contributed by atoms with E-state index in [4.69, 9.17) is 30.9 Å². The minimum absolute atomic E-state index is 0.0710. The molecule has 0 radical (unpaired) electrons. The first kappa shape index (κ1) is 28.5. The van der Waals surface area contributed by atoms with Gasteiger partial charge in [0.05, 0.1) is 24.7 Å². The van der Waals surface area contributed by atoms with Gasteiger partial charge in [-0.1, -0.05) is 11.6 Å². The maximum absolute atomic E-state index is 13.2. The van der Waals surface area contributed by atoms with E-state index in [1.807, 2.05) is 0 Å². The van der Waals surface area contributed by atoms with Crippen molar-refractivity contribution in [2.75, 3.05) is 27.4 Å². The summed E-state index contributed by atoms with van der Waals surface area (Å²) in [4.78, 5) is 27.4. The highest BCUT2D eigenvalue weighted by atomic mass is 35.5. The van der Waals surface area contributed by atoms with Crippen molar-refractivity contribution in [3.05, 3.63) is 52.3 Å². The second-order valence-corrected chi connectivity index (χ2v) is 9.16. The molecular formula is C25H28ClF3N2O6. The number of amides is 1. The van der Waals surface area contributed by atoms with Gasteiger partial charge in [0.15, 0.2) is 6.10 Å². The van der Waals surface area contributed by atoms with Crippen LogP contribution in [0.4, 0.5) is 13.2 Å². The fourth-order valence-electron chi connectivity index (χ4n) is 4.19. The van der Waals surface area contributed by atoms with Crippen LogP contribution in [0, 0.1) is 11.8 Å². The Kier molecular flexibility index (Phi) is 9.61. The molecule has 1 aromatic carbocycles. The summed E-state index contributed by atoms with van der Waals surface area (Å²) in [6, 6.07) is 6.29. The zero-order valence-corrected chi connectivity index (χ0v) is 21.1. The SMILES string of the molecule is COCC(Oc1ccc(C(=O)NCC2CCC(C(=O)O)CC2)cc1Cl)c1nc(C(F)(F)F)ccc1OC. The van der Waals surface area contributed by atoms with Gasteiger partial charge in [-0.3, -0.25) is 9.59 Å². The van der Waals surface area contributed by atoms with E-state index < -0.39 is 23.9 Å². The second-order valence-electron chi connectivity index (χ2n) is 8.75. The number of nitrogens with zero attached hydrogens (tertiary/aromatic N) is 1. The number of halogens is 4. The molecule has 8 nitrogen and oxygen atoms in total. The van der Waals surface area contributed by atoms with E-state index in [2.05, 4.69) is 10.3 Å². The smallest absolute Gasteiger partial charge is 0.433 e. The van der Waals surface area contributed by atoms with Gasteiger partial charge in [-0.05, 0) is 61.9 Å². The number of ether oxygens (including phenoxy) is 3. The molecule has 0 saturated heterocycles. The third-order valence-corrected chi connectivity index (χ3v) is 6.53. The maximum atomic E-state index is 13.2. The Labute approximate surface area is 217 Å². The van der Waals surface area contributed by atoms with Gasteiger partial charge in [-0.2, -0.15) is 13.2 Å². The number of benzene rings is 1. The molecule has 1 aliphatic carbocycles. The molecule has 0 spiro atoms. The van der Waals surface area contributed by atoms with Crippen LogP contribution >= 0.6 is 11.6 Å². The lowest BCUT2D eigenvalue weighted by molar-refractivity contribution is -0.143. The van der Waals surface area contributed by atoms with Crippen molar-refractivity contribution in [2.24, 2.45) is 11.8 Å². The van der Waals surface area contributed by atoms with E-state index in [1.165, 1.54) is 32.4 Å². The van der Waals surface area contributed by atoms with E-state index in [1.54, 1.807) is 0 Å². The average molecular weight is 545 g/mol. The molecule has 0 bridgehead atoms. The van der Waals surface area contributed by atoms with Crippen LogP contribution in [0.3, 0.4) is 0 Å². The number of carbonyl (C=O) groups excluding carboxylic acids is 1. The summed E-state index contributed by atoms with van der Waals surface area (Å²) in [5.41, 5.74) is -0.952. The summed E-state index contributed by atoms with van der Waals surface area (Å²) in [6.45, 7) is 0.269. The van der Waals surface area contributed by atoms with Crippen molar-refractivity contribution in [3.63, 3.8) is 0 Å². The van der Waals surface area contributed by atoms with Crippen LogP contribution < -0.4 is 14.8 Å². The number of aromatic nitrogens is 1. The molecule has 1 aromatic heterocycles. The van der Waals surface area contributed by atoms with Gasteiger partial charge in [0, 0.05) is 19.2 Å². The third-order valence-electron chi connectivity index (χ3n) is 6.23. The number of carbonyl (C=O) groups is 2. The Morgan fingerprint density at radius 3 is 2.38 bits per heavy atom. The lowest BCUT2D eigenvalue weighted by Crippen LogP contribution is -2.32. The predicted octanol–water partition coefficient (Wildman–Crippen LogP) is 5.15. The summed E-state index contributed by atoms with van der Waals surface area (Å²) < 4.78 is 55.9. The Morgan fingerprint density at radius 2 is 1.81 bits per heavy atom. The van der Waals surface area contributed by atoms with E-state index in [0.29, 0.717) is 19.4 Å². The van der Waals surface area contributed by atoms with Gasteiger partial charge in [-0.25, -0.2) is 4.98 Å². The molecule has 37 heavy (non-hydrogen) atoms. The molecule has 1 aliphatic rings. The zero-order chi connectivity index (χ0) is 27.2. The Bertz CT molecular complexity index is 1110. The molecule has 12 heteroatoms. The Hall–Kier alpha value is -3.05. The molecule has 1 unspecified atom stereocenters. The lowest BCUT2D eigenvalue weighted by Gasteiger charge is -2.26. The van der Waals surface area contributed by atoms with Gasteiger partial charge in [-0.15, -0.1) is 0 Å². The average Bonchev–Trinajstić information content (AvgIpc) is 2.87. The molecule has 0 aliphatic heterocycles. The monoisotopic (exact) mass is 544 g/mol. The van der Waals surface area contributed by atoms with Crippen LogP contribution in [-0.4, -0.2) is 49.3 Å². The molecule has 1 fully saturated rings. The predicted molar refractivity (Wildman–Crippen MR) is 128 cm³/mol. The summed E-state index contributed by atoms with van der Waals surface area (Å²) in [5.74, 6) is -1.07. The molecule has 1 amide bonds. The first-order valence-corrected chi connectivity index (χ1v) is 12.0. The molecule has 3 rings (SSSR count).